The number of aliphatic hydroxyl groups is 1. The lowest BCUT2D eigenvalue weighted by Crippen LogP contribution is -2.48. The number of hydrogen-bond acceptors (Lipinski definition) is 6. The normalized spacial score (nSPS) is 19.2. The number of carbonyl (C=O) groups excluding carboxylic acids is 2. The second kappa shape index (κ2) is 5.79. The molecule has 1 aliphatic carbocycles. The highest BCUT2D eigenvalue weighted by molar-refractivity contribution is 6.39. The molecule has 0 amide bonds. The maximum atomic E-state index is 11.4. The Morgan fingerprint density at radius 3 is 1.95 bits per heavy atom. The minimum Gasteiger partial charge on any atom is -0.479 e. The summed E-state index contributed by atoms with van der Waals surface area (Å²) in [5.74, 6) is -6.59. The molecule has 0 aromatic carbocycles. The number of hydrogen-bond donors (Lipinski definition) is 3. The Bertz CT molecular complexity index is 407. The van der Waals surface area contributed by atoms with Crippen LogP contribution in [0.4, 0.5) is 0 Å². The van der Waals surface area contributed by atoms with Crippen LogP contribution in [-0.4, -0.2) is 50.7 Å². The Kier molecular flexibility index (Phi) is 4.60. The zero-order valence-corrected chi connectivity index (χ0v) is 10.00. The van der Waals surface area contributed by atoms with Gasteiger partial charge in [-0.15, -0.1) is 0 Å². The van der Waals surface area contributed by atoms with Gasteiger partial charge in [-0.3, -0.25) is 4.79 Å². The molecule has 1 saturated carbocycles. The van der Waals surface area contributed by atoms with E-state index in [0.29, 0.717) is 12.8 Å². The lowest BCUT2D eigenvalue weighted by Gasteiger charge is -2.32. The summed E-state index contributed by atoms with van der Waals surface area (Å²) < 4.78 is 4.66. The van der Waals surface area contributed by atoms with Crippen molar-refractivity contribution in [3.63, 3.8) is 0 Å². The van der Waals surface area contributed by atoms with E-state index in [9.17, 15) is 19.2 Å². The van der Waals surface area contributed by atoms with Gasteiger partial charge in [0.25, 0.3) is 5.78 Å². The van der Waals surface area contributed by atoms with Crippen LogP contribution in [0.25, 0.3) is 0 Å². The van der Waals surface area contributed by atoms with E-state index in [4.69, 9.17) is 15.3 Å². The number of aliphatic hydroxyl groups excluding tert-OH is 1. The average molecular weight is 274 g/mol. The van der Waals surface area contributed by atoms with E-state index in [-0.39, 0.29) is 12.8 Å². The lowest BCUT2D eigenvalue weighted by molar-refractivity contribution is -0.186. The van der Waals surface area contributed by atoms with Crippen LogP contribution in [0, 0.1) is 0 Å². The molecule has 1 aliphatic rings. The van der Waals surface area contributed by atoms with Crippen LogP contribution in [0.3, 0.4) is 0 Å². The molecule has 0 radical (unpaired) electrons. The van der Waals surface area contributed by atoms with Crippen molar-refractivity contribution < 1.29 is 39.2 Å². The standard InChI is InChI=1S/C11H14O8/c12-6(8(14)15)7(13)9(16)19-11(10(17)18)4-2-1-3-5-11/h6,12H,1-5H2,(H,14,15)(H,17,18). The number of rotatable bonds is 5. The van der Waals surface area contributed by atoms with Gasteiger partial charge in [-0.05, 0) is 25.7 Å². The van der Waals surface area contributed by atoms with Crippen LogP contribution in [0.5, 0.6) is 0 Å². The molecule has 0 aliphatic heterocycles. The number of ketones is 1. The fraction of sp³-hybridized carbons (Fsp3) is 0.636. The monoisotopic (exact) mass is 274 g/mol. The Balaban J connectivity index is 2.80. The van der Waals surface area contributed by atoms with Gasteiger partial charge < -0.3 is 20.1 Å². The minimum absolute atomic E-state index is 0.0600. The molecular weight excluding hydrogens is 260 g/mol. The fourth-order valence-electron chi connectivity index (χ4n) is 1.93. The summed E-state index contributed by atoms with van der Waals surface area (Å²) in [6, 6.07) is 0. The number of carboxylic acids is 2. The van der Waals surface area contributed by atoms with Gasteiger partial charge in [-0.2, -0.15) is 0 Å². The number of esters is 1. The molecule has 8 heteroatoms. The zero-order chi connectivity index (χ0) is 14.6. The first kappa shape index (κ1) is 15.1. The quantitative estimate of drug-likeness (QED) is 0.341. The highest BCUT2D eigenvalue weighted by atomic mass is 16.6. The third-order valence-electron chi connectivity index (χ3n) is 3.02. The van der Waals surface area contributed by atoms with Crippen molar-refractivity contribution in [2.24, 2.45) is 0 Å². The summed E-state index contributed by atoms with van der Waals surface area (Å²) in [5.41, 5.74) is -1.80. The van der Waals surface area contributed by atoms with E-state index in [1.54, 1.807) is 0 Å². The minimum atomic E-state index is -2.54. The lowest BCUT2D eigenvalue weighted by atomic mass is 9.84. The van der Waals surface area contributed by atoms with Gasteiger partial charge >= 0.3 is 17.9 Å². The summed E-state index contributed by atoms with van der Waals surface area (Å²) in [7, 11) is 0. The zero-order valence-electron chi connectivity index (χ0n) is 10.00. The van der Waals surface area contributed by atoms with Crippen molar-refractivity contribution in [3.8, 4) is 0 Å². The van der Waals surface area contributed by atoms with Gasteiger partial charge in [0, 0.05) is 0 Å². The van der Waals surface area contributed by atoms with Crippen molar-refractivity contribution in [2.75, 3.05) is 0 Å². The first-order valence-corrected chi connectivity index (χ1v) is 5.71. The molecule has 1 atom stereocenters. The second-order valence-electron chi connectivity index (χ2n) is 4.35. The van der Waals surface area contributed by atoms with E-state index < -0.39 is 35.4 Å². The molecule has 0 aromatic rings. The maximum absolute atomic E-state index is 11.4. The van der Waals surface area contributed by atoms with Gasteiger partial charge in [0.2, 0.25) is 11.7 Å². The first-order chi connectivity index (χ1) is 8.80. The summed E-state index contributed by atoms with van der Waals surface area (Å²) >= 11 is 0. The third-order valence-corrected chi connectivity index (χ3v) is 3.02. The van der Waals surface area contributed by atoms with Crippen LogP contribution < -0.4 is 0 Å². The van der Waals surface area contributed by atoms with E-state index in [1.807, 2.05) is 0 Å². The number of aliphatic carboxylic acids is 2. The first-order valence-electron chi connectivity index (χ1n) is 5.71. The Morgan fingerprint density at radius 1 is 1.00 bits per heavy atom. The van der Waals surface area contributed by atoms with Crippen molar-refractivity contribution >= 4 is 23.7 Å². The van der Waals surface area contributed by atoms with E-state index in [2.05, 4.69) is 4.74 Å². The Morgan fingerprint density at radius 2 is 1.53 bits per heavy atom. The molecule has 0 bridgehead atoms. The summed E-state index contributed by atoms with van der Waals surface area (Å²) in [4.78, 5) is 44.2. The average Bonchev–Trinajstić information content (AvgIpc) is 2.37. The van der Waals surface area contributed by atoms with E-state index >= 15 is 0 Å². The molecule has 8 nitrogen and oxygen atoms in total. The fourth-order valence-corrected chi connectivity index (χ4v) is 1.93. The van der Waals surface area contributed by atoms with Crippen molar-refractivity contribution in [3.05, 3.63) is 0 Å². The molecule has 1 rings (SSSR count). The molecule has 106 valence electrons. The smallest absolute Gasteiger partial charge is 0.379 e. The third kappa shape index (κ3) is 3.28. The van der Waals surface area contributed by atoms with Crippen molar-refractivity contribution in [1.82, 2.24) is 0 Å². The highest BCUT2D eigenvalue weighted by Gasteiger charge is 2.46. The topological polar surface area (TPSA) is 138 Å². The van der Waals surface area contributed by atoms with Gasteiger partial charge in [-0.25, -0.2) is 14.4 Å². The van der Waals surface area contributed by atoms with Crippen molar-refractivity contribution in [1.29, 1.82) is 0 Å². The number of Topliss-reactive ketones (excluding diaryl/α,β-unsaturated/α-hetero) is 1. The predicted molar refractivity (Wildman–Crippen MR) is 58.2 cm³/mol. The van der Waals surface area contributed by atoms with Gasteiger partial charge in [0.1, 0.15) is 0 Å². The largest absolute Gasteiger partial charge is 0.479 e. The van der Waals surface area contributed by atoms with E-state index in [1.165, 1.54) is 0 Å². The summed E-state index contributed by atoms with van der Waals surface area (Å²) in [6.45, 7) is 0. The maximum Gasteiger partial charge on any atom is 0.379 e. The SMILES string of the molecule is O=C(OC1(C(=O)O)CCCCC1)C(=O)C(O)C(=O)O. The highest BCUT2D eigenvalue weighted by Crippen LogP contribution is 2.32. The molecule has 19 heavy (non-hydrogen) atoms. The van der Waals surface area contributed by atoms with Crippen LogP contribution >= 0.6 is 0 Å². The van der Waals surface area contributed by atoms with Crippen LogP contribution in [0.1, 0.15) is 32.1 Å². The molecular formula is C11H14O8. The number of carboxylic acid groups (broad SMARTS) is 2. The second-order valence-corrected chi connectivity index (χ2v) is 4.35. The molecule has 0 aromatic heterocycles. The van der Waals surface area contributed by atoms with Crippen LogP contribution in [-0.2, 0) is 23.9 Å². The van der Waals surface area contributed by atoms with Crippen molar-refractivity contribution in [2.45, 2.75) is 43.8 Å². The van der Waals surface area contributed by atoms with Crippen LogP contribution in [0.2, 0.25) is 0 Å². The molecule has 1 fully saturated rings. The summed E-state index contributed by atoms with van der Waals surface area (Å²) in [6.07, 6.45) is -0.584. The molecule has 0 saturated heterocycles. The van der Waals surface area contributed by atoms with Gasteiger partial charge in [-0.1, -0.05) is 6.42 Å². The predicted octanol–water partition coefficient (Wildman–Crippen LogP) is -0.668. The Hall–Kier alpha value is -1.96. The molecule has 0 spiro atoms. The van der Waals surface area contributed by atoms with E-state index in [0.717, 1.165) is 6.42 Å². The summed E-state index contributed by atoms with van der Waals surface area (Å²) in [5, 5.41) is 26.4. The number of carbonyl (C=O) groups is 4. The molecule has 3 N–H and O–H groups in total. The Labute approximate surface area is 108 Å². The number of ether oxygens (including phenoxy) is 1. The van der Waals surface area contributed by atoms with Gasteiger partial charge in [0.15, 0.2) is 0 Å². The molecule has 1 unspecified atom stereocenters. The van der Waals surface area contributed by atoms with Crippen LogP contribution in [0.15, 0.2) is 0 Å². The van der Waals surface area contributed by atoms with Gasteiger partial charge in [0.05, 0.1) is 0 Å². The molecule has 0 heterocycles.